The summed E-state index contributed by atoms with van der Waals surface area (Å²) >= 11 is 0. The number of benzene rings is 2. The molecule has 2 aromatic rings. The van der Waals surface area contributed by atoms with Gasteiger partial charge in [0.2, 0.25) is 12.5 Å². The molecular formula is C22H26N3O5+. The lowest BCUT2D eigenvalue weighted by atomic mass is 9.88. The van der Waals surface area contributed by atoms with Crippen LogP contribution >= 0.6 is 0 Å². The van der Waals surface area contributed by atoms with Gasteiger partial charge in [-0.05, 0) is 36.2 Å². The number of quaternary nitrogens is 1. The molecule has 0 aliphatic carbocycles. The average Bonchev–Trinajstić information content (AvgIpc) is 3.13. The van der Waals surface area contributed by atoms with E-state index in [2.05, 4.69) is 5.32 Å². The summed E-state index contributed by atoms with van der Waals surface area (Å²) in [6.07, 6.45) is 0.653. The number of rotatable bonds is 5. The number of aryl methyl sites for hydroxylation is 1. The summed E-state index contributed by atoms with van der Waals surface area (Å²) in [5.74, 6) is 0.862. The number of fused-ring (bicyclic) bond motifs is 2. The summed E-state index contributed by atoms with van der Waals surface area (Å²) in [7, 11) is 3.42. The maximum absolute atomic E-state index is 13.6. The first-order valence-electron chi connectivity index (χ1n) is 9.82. The van der Waals surface area contributed by atoms with Gasteiger partial charge in [0.1, 0.15) is 0 Å². The summed E-state index contributed by atoms with van der Waals surface area (Å²) in [5.41, 5.74) is 8.94. The SMILES string of the molecule is COc1c2c(cc3c1[C@@H](C(=O)Nc1cccc(C)c1)[N@+](C)(CC(N)=O)CC3)OCO2. The second-order valence-corrected chi connectivity index (χ2v) is 8.06. The van der Waals surface area contributed by atoms with Crippen molar-refractivity contribution in [1.82, 2.24) is 0 Å². The molecule has 2 aromatic carbocycles. The van der Waals surface area contributed by atoms with E-state index in [-0.39, 0.29) is 23.7 Å². The Labute approximate surface area is 175 Å². The van der Waals surface area contributed by atoms with Crippen molar-refractivity contribution in [3.8, 4) is 17.2 Å². The molecule has 0 radical (unpaired) electrons. The standard InChI is InChI=1S/C22H25N3O5/c1-13-5-4-6-15(9-13)24-22(27)19-18-14(7-8-25(19,2)11-17(23)26)10-16-20(21(18)28-3)30-12-29-16/h4-6,9-10,19H,7-8,11-12H2,1-3H3,(H2-,23,24,26,27)/p+1/t19-,25-/m0/s1. The molecule has 4 rings (SSSR count). The minimum absolute atomic E-state index is 0.0307. The van der Waals surface area contributed by atoms with Gasteiger partial charge in [-0.3, -0.25) is 9.59 Å². The second-order valence-electron chi connectivity index (χ2n) is 8.06. The van der Waals surface area contributed by atoms with E-state index in [0.717, 1.165) is 11.1 Å². The Balaban J connectivity index is 1.83. The van der Waals surface area contributed by atoms with Crippen molar-refractivity contribution in [3.05, 3.63) is 47.0 Å². The molecule has 3 N–H and O–H groups in total. The van der Waals surface area contributed by atoms with Crippen molar-refractivity contribution in [1.29, 1.82) is 0 Å². The number of nitrogens with one attached hydrogen (secondary N) is 1. The topological polar surface area (TPSA) is 99.9 Å². The Morgan fingerprint density at radius 3 is 2.80 bits per heavy atom. The summed E-state index contributed by atoms with van der Waals surface area (Å²) in [6, 6.07) is 8.78. The van der Waals surface area contributed by atoms with E-state index in [1.807, 2.05) is 44.3 Å². The van der Waals surface area contributed by atoms with E-state index in [0.29, 0.717) is 41.5 Å². The fraction of sp³-hybridized carbons (Fsp3) is 0.364. The Bertz CT molecular complexity index is 1020. The van der Waals surface area contributed by atoms with Crippen LogP contribution in [0.4, 0.5) is 5.69 Å². The lowest BCUT2D eigenvalue weighted by Gasteiger charge is -2.44. The molecule has 0 bridgehead atoms. The van der Waals surface area contributed by atoms with Gasteiger partial charge in [0.25, 0.3) is 11.8 Å². The van der Waals surface area contributed by atoms with Crippen molar-refractivity contribution >= 4 is 17.5 Å². The molecule has 2 atom stereocenters. The summed E-state index contributed by atoms with van der Waals surface area (Å²) < 4.78 is 17.0. The number of amides is 2. The second kappa shape index (κ2) is 7.53. The van der Waals surface area contributed by atoms with Crippen molar-refractivity contribution in [2.24, 2.45) is 5.73 Å². The number of hydrogen-bond donors (Lipinski definition) is 2. The van der Waals surface area contributed by atoms with E-state index in [4.69, 9.17) is 19.9 Å². The molecule has 2 heterocycles. The minimum Gasteiger partial charge on any atom is -0.492 e. The number of anilines is 1. The van der Waals surface area contributed by atoms with Gasteiger partial charge in [0, 0.05) is 12.1 Å². The van der Waals surface area contributed by atoms with Gasteiger partial charge < -0.3 is 29.7 Å². The molecule has 30 heavy (non-hydrogen) atoms. The van der Waals surface area contributed by atoms with Gasteiger partial charge in [-0.15, -0.1) is 0 Å². The first-order chi connectivity index (χ1) is 14.3. The smallest absolute Gasteiger partial charge is 0.287 e. The normalized spacial score (nSPS) is 21.6. The van der Waals surface area contributed by atoms with Crippen LogP contribution in [0.15, 0.2) is 30.3 Å². The van der Waals surface area contributed by atoms with Gasteiger partial charge >= 0.3 is 0 Å². The van der Waals surface area contributed by atoms with Crippen LogP contribution in [0.25, 0.3) is 0 Å². The molecule has 8 heteroatoms. The molecule has 8 nitrogen and oxygen atoms in total. The van der Waals surface area contributed by atoms with Crippen LogP contribution in [0.5, 0.6) is 17.2 Å². The Morgan fingerprint density at radius 1 is 1.30 bits per heavy atom. The van der Waals surface area contributed by atoms with Crippen molar-refractivity contribution in [2.45, 2.75) is 19.4 Å². The number of nitrogens with zero attached hydrogens (tertiary/aromatic N) is 1. The van der Waals surface area contributed by atoms with Crippen LogP contribution in [0.2, 0.25) is 0 Å². The Kier molecular flexibility index (Phi) is 5.03. The van der Waals surface area contributed by atoms with Crippen LogP contribution in [0, 0.1) is 6.92 Å². The molecule has 0 saturated carbocycles. The molecule has 0 fully saturated rings. The zero-order valence-electron chi connectivity index (χ0n) is 17.4. The quantitative estimate of drug-likeness (QED) is 0.731. The third-order valence-corrected chi connectivity index (χ3v) is 5.79. The van der Waals surface area contributed by atoms with Crippen LogP contribution in [0.1, 0.15) is 22.7 Å². The van der Waals surface area contributed by atoms with Gasteiger partial charge in [-0.1, -0.05) is 12.1 Å². The van der Waals surface area contributed by atoms with E-state index < -0.39 is 11.9 Å². The maximum atomic E-state index is 13.6. The Morgan fingerprint density at radius 2 is 2.10 bits per heavy atom. The number of ether oxygens (including phenoxy) is 3. The first kappa shape index (κ1) is 20.0. The van der Waals surface area contributed by atoms with Gasteiger partial charge in [0.15, 0.2) is 24.1 Å². The van der Waals surface area contributed by atoms with Crippen molar-refractivity contribution in [2.75, 3.05) is 39.4 Å². The lowest BCUT2D eigenvalue weighted by molar-refractivity contribution is -0.924. The fourth-order valence-electron chi connectivity index (χ4n) is 4.48. The number of carbonyl (C=O) groups excluding carboxylic acids is 2. The van der Waals surface area contributed by atoms with E-state index in [9.17, 15) is 9.59 Å². The third kappa shape index (κ3) is 3.43. The monoisotopic (exact) mass is 412 g/mol. The first-order valence-corrected chi connectivity index (χ1v) is 9.82. The Hall–Kier alpha value is -3.26. The summed E-state index contributed by atoms with van der Waals surface area (Å²) in [6.45, 7) is 2.66. The summed E-state index contributed by atoms with van der Waals surface area (Å²) in [5, 5.41) is 3.01. The highest BCUT2D eigenvalue weighted by Crippen LogP contribution is 2.51. The van der Waals surface area contributed by atoms with E-state index in [1.165, 1.54) is 0 Å². The van der Waals surface area contributed by atoms with Crippen molar-refractivity contribution in [3.63, 3.8) is 0 Å². The number of primary amides is 1. The molecule has 2 amide bonds. The molecule has 0 spiro atoms. The molecule has 0 unspecified atom stereocenters. The largest absolute Gasteiger partial charge is 0.492 e. The van der Waals surface area contributed by atoms with Crippen LogP contribution in [-0.4, -0.2) is 50.3 Å². The van der Waals surface area contributed by atoms with Gasteiger partial charge in [-0.2, -0.15) is 0 Å². The highest BCUT2D eigenvalue weighted by Gasteiger charge is 2.48. The van der Waals surface area contributed by atoms with Crippen LogP contribution in [0.3, 0.4) is 0 Å². The molecule has 0 saturated heterocycles. The average molecular weight is 412 g/mol. The molecule has 2 aliphatic heterocycles. The lowest BCUT2D eigenvalue weighted by Crippen LogP contribution is -2.58. The highest BCUT2D eigenvalue weighted by atomic mass is 16.7. The molecule has 0 aromatic heterocycles. The van der Waals surface area contributed by atoms with Gasteiger partial charge in [-0.25, -0.2) is 0 Å². The predicted molar refractivity (Wildman–Crippen MR) is 110 cm³/mol. The highest BCUT2D eigenvalue weighted by molar-refractivity contribution is 5.96. The maximum Gasteiger partial charge on any atom is 0.287 e. The van der Waals surface area contributed by atoms with Crippen LogP contribution < -0.4 is 25.3 Å². The van der Waals surface area contributed by atoms with Crippen LogP contribution in [-0.2, 0) is 16.0 Å². The molecule has 2 aliphatic rings. The molecular weight excluding hydrogens is 386 g/mol. The zero-order chi connectivity index (χ0) is 21.5. The van der Waals surface area contributed by atoms with E-state index >= 15 is 0 Å². The zero-order valence-corrected chi connectivity index (χ0v) is 17.4. The minimum atomic E-state index is -0.703. The third-order valence-electron chi connectivity index (χ3n) is 5.79. The number of hydrogen-bond acceptors (Lipinski definition) is 5. The van der Waals surface area contributed by atoms with Gasteiger partial charge in [0.05, 0.1) is 26.3 Å². The fourth-order valence-corrected chi connectivity index (χ4v) is 4.48. The number of methoxy groups -OCH3 is 1. The number of carbonyl (C=O) groups is 2. The summed E-state index contributed by atoms with van der Waals surface area (Å²) in [4.78, 5) is 25.5. The molecule has 158 valence electrons. The van der Waals surface area contributed by atoms with E-state index in [1.54, 1.807) is 7.11 Å². The number of likely N-dealkylation sites (N-methyl/N-ethyl adjacent to an activating group) is 1. The van der Waals surface area contributed by atoms with Crippen molar-refractivity contribution < 1.29 is 28.3 Å². The number of nitrogens with two attached hydrogens (primary N) is 1. The predicted octanol–water partition coefficient (Wildman–Crippen LogP) is 1.90.